The van der Waals surface area contributed by atoms with Crippen molar-refractivity contribution in [2.75, 3.05) is 33.4 Å². The standard InChI is InChI=1S/C17H27N3O4S.ClH/c1-12-4-5-14(25(22,23)19-8-9-24-3)10-15(12)17(21)20-16-6-7-18-11-13(16)2;/h4-5,10,13,16,18-19H,6-9,11H2,1-3H3,(H,20,21);1H. The number of nitrogens with one attached hydrogen (secondary N) is 3. The summed E-state index contributed by atoms with van der Waals surface area (Å²) in [4.78, 5) is 12.7. The zero-order valence-corrected chi connectivity index (χ0v) is 17.0. The highest BCUT2D eigenvalue weighted by atomic mass is 35.5. The lowest BCUT2D eigenvalue weighted by atomic mass is 9.95. The van der Waals surface area contributed by atoms with Crippen LogP contribution in [0.25, 0.3) is 0 Å². The predicted octanol–water partition coefficient (Wildman–Crippen LogP) is 1.07. The van der Waals surface area contributed by atoms with E-state index in [1.807, 2.05) is 0 Å². The highest BCUT2D eigenvalue weighted by Crippen LogP contribution is 2.17. The first kappa shape index (κ1) is 22.9. The Balaban J connectivity index is 0.00000338. The Morgan fingerprint density at radius 1 is 1.38 bits per heavy atom. The second kappa shape index (κ2) is 10.2. The summed E-state index contributed by atoms with van der Waals surface area (Å²) in [6.07, 6.45) is 0.864. The van der Waals surface area contributed by atoms with Crippen LogP contribution in [0.1, 0.15) is 29.3 Å². The molecule has 1 aliphatic rings. The molecule has 1 fully saturated rings. The second-order valence-electron chi connectivity index (χ2n) is 6.42. The topological polar surface area (TPSA) is 96.5 Å². The van der Waals surface area contributed by atoms with Gasteiger partial charge in [0.15, 0.2) is 0 Å². The molecule has 3 N–H and O–H groups in total. The first-order valence-corrected chi connectivity index (χ1v) is 9.94. The van der Waals surface area contributed by atoms with Crippen LogP contribution in [0.2, 0.25) is 0 Å². The third-order valence-corrected chi connectivity index (χ3v) is 5.92. The summed E-state index contributed by atoms with van der Waals surface area (Å²) in [5.74, 6) is 0.103. The summed E-state index contributed by atoms with van der Waals surface area (Å²) in [5.41, 5.74) is 1.13. The number of aryl methyl sites for hydroxylation is 1. The van der Waals surface area contributed by atoms with E-state index in [1.54, 1.807) is 13.0 Å². The Bertz CT molecular complexity index is 712. The SMILES string of the molecule is COCCNS(=O)(=O)c1ccc(C)c(C(=O)NC2CCNCC2C)c1.Cl. The Morgan fingerprint density at radius 2 is 2.12 bits per heavy atom. The van der Waals surface area contributed by atoms with E-state index >= 15 is 0 Å². The van der Waals surface area contributed by atoms with Crippen molar-refractivity contribution in [3.05, 3.63) is 29.3 Å². The number of piperidine rings is 1. The van der Waals surface area contributed by atoms with Gasteiger partial charge in [0.2, 0.25) is 10.0 Å². The number of benzene rings is 1. The van der Waals surface area contributed by atoms with E-state index < -0.39 is 10.0 Å². The molecule has 0 bridgehead atoms. The van der Waals surface area contributed by atoms with E-state index in [2.05, 4.69) is 22.3 Å². The summed E-state index contributed by atoms with van der Waals surface area (Å²) in [6.45, 7) is 6.08. The number of sulfonamides is 1. The van der Waals surface area contributed by atoms with Crippen LogP contribution in [-0.4, -0.2) is 53.7 Å². The maximum atomic E-state index is 12.7. The number of halogens is 1. The van der Waals surface area contributed by atoms with Crippen molar-refractivity contribution >= 4 is 28.3 Å². The molecule has 0 aliphatic carbocycles. The molecule has 0 spiro atoms. The van der Waals surface area contributed by atoms with Gasteiger partial charge in [0.25, 0.3) is 5.91 Å². The molecule has 9 heteroatoms. The van der Waals surface area contributed by atoms with Crippen LogP contribution in [-0.2, 0) is 14.8 Å². The second-order valence-corrected chi connectivity index (χ2v) is 8.18. The van der Waals surface area contributed by atoms with Crippen LogP contribution >= 0.6 is 12.4 Å². The monoisotopic (exact) mass is 405 g/mol. The Labute approximate surface area is 161 Å². The minimum atomic E-state index is -3.67. The number of hydrogen-bond donors (Lipinski definition) is 3. The van der Waals surface area contributed by atoms with Crippen molar-refractivity contribution in [2.45, 2.75) is 31.2 Å². The van der Waals surface area contributed by atoms with Gasteiger partial charge in [-0.25, -0.2) is 13.1 Å². The van der Waals surface area contributed by atoms with Gasteiger partial charge in [0.05, 0.1) is 11.5 Å². The fraction of sp³-hybridized carbons (Fsp3) is 0.588. The van der Waals surface area contributed by atoms with Gasteiger partial charge in [-0.15, -0.1) is 12.4 Å². The number of hydrogen-bond acceptors (Lipinski definition) is 5. The van der Waals surface area contributed by atoms with E-state index in [-0.39, 0.29) is 42.4 Å². The molecule has 1 amide bonds. The van der Waals surface area contributed by atoms with Crippen LogP contribution in [0, 0.1) is 12.8 Å². The largest absolute Gasteiger partial charge is 0.383 e. The normalized spacial score (nSPS) is 20.3. The van der Waals surface area contributed by atoms with Crippen molar-refractivity contribution in [3.63, 3.8) is 0 Å². The van der Waals surface area contributed by atoms with Crippen LogP contribution in [0.4, 0.5) is 0 Å². The summed E-state index contributed by atoms with van der Waals surface area (Å²) >= 11 is 0. The first-order valence-electron chi connectivity index (χ1n) is 8.46. The van der Waals surface area contributed by atoms with Crippen molar-refractivity contribution in [1.82, 2.24) is 15.4 Å². The van der Waals surface area contributed by atoms with E-state index in [4.69, 9.17) is 4.74 Å². The number of methoxy groups -OCH3 is 1. The van der Waals surface area contributed by atoms with Gasteiger partial charge in [0.1, 0.15) is 0 Å². The number of carbonyl (C=O) groups is 1. The maximum Gasteiger partial charge on any atom is 0.251 e. The van der Waals surface area contributed by atoms with E-state index in [1.165, 1.54) is 19.2 Å². The molecule has 1 aliphatic heterocycles. The number of ether oxygens (including phenoxy) is 1. The summed E-state index contributed by atoms with van der Waals surface area (Å²) < 4.78 is 32.0. The van der Waals surface area contributed by atoms with Crippen LogP contribution in [0.15, 0.2) is 23.1 Å². The lowest BCUT2D eigenvalue weighted by Crippen LogP contribution is -2.48. The molecule has 0 saturated carbocycles. The van der Waals surface area contributed by atoms with Gasteiger partial charge < -0.3 is 15.4 Å². The predicted molar refractivity (Wildman–Crippen MR) is 103 cm³/mol. The van der Waals surface area contributed by atoms with Gasteiger partial charge in [-0.2, -0.15) is 0 Å². The highest BCUT2D eigenvalue weighted by Gasteiger charge is 2.24. The van der Waals surface area contributed by atoms with E-state index in [9.17, 15) is 13.2 Å². The molecule has 7 nitrogen and oxygen atoms in total. The molecule has 1 aromatic carbocycles. The summed E-state index contributed by atoms with van der Waals surface area (Å²) in [5, 5.41) is 6.34. The van der Waals surface area contributed by atoms with Gasteiger partial charge in [0, 0.05) is 25.3 Å². The van der Waals surface area contributed by atoms with Gasteiger partial charge in [-0.3, -0.25) is 4.79 Å². The molecule has 0 aromatic heterocycles. The van der Waals surface area contributed by atoms with Crippen molar-refractivity contribution in [1.29, 1.82) is 0 Å². The number of rotatable bonds is 7. The molecule has 26 heavy (non-hydrogen) atoms. The summed E-state index contributed by atoms with van der Waals surface area (Å²) in [6, 6.07) is 4.69. The molecule has 1 heterocycles. The Hall–Kier alpha value is -1.19. The fourth-order valence-corrected chi connectivity index (χ4v) is 3.89. The minimum Gasteiger partial charge on any atom is -0.383 e. The quantitative estimate of drug-likeness (QED) is 0.589. The summed E-state index contributed by atoms with van der Waals surface area (Å²) in [7, 11) is -2.16. The smallest absolute Gasteiger partial charge is 0.251 e. The van der Waals surface area contributed by atoms with Crippen LogP contribution < -0.4 is 15.4 Å². The molecule has 1 aromatic rings. The molecule has 2 unspecified atom stereocenters. The molecular weight excluding hydrogens is 378 g/mol. The Morgan fingerprint density at radius 3 is 2.77 bits per heavy atom. The zero-order valence-electron chi connectivity index (χ0n) is 15.4. The third kappa shape index (κ3) is 5.92. The average molecular weight is 406 g/mol. The molecule has 148 valence electrons. The van der Waals surface area contributed by atoms with Crippen molar-refractivity contribution in [3.8, 4) is 0 Å². The van der Waals surface area contributed by atoms with E-state index in [0.29, 0.717) is 11.5 Å². The molecule has 1 saturated heterocycles. The minimum absolute atomic E-state index is 0. The Kier molecular flexibility index (Phi) is 8.99. The number of carbonyl (C=O) groups excluding carboxylic acids is 1. The third-order valence-electron chi connectivity index (χ3n) is 4.46. The average Bonchev–Trinajstić information content (AvgIpc) is 2.57. The zero-order chi connectivity index (χ0) is 18.4. The van der Waals surface area contributed by atoms with Gasteiger partial charge in [-0.1, -0.05) is 13.0 Å². The van der Waals surface area contributed by atoms with E-state index in [0.717, 1.165) is 25.1 Å². The molecule has 2 atom stereocenters. The van der Waals surface area contributed by atoms with Crippen LogP contribution in [0.3, 0.4) is 0 Å². The number of amides is 1. The maximum absolute atomic E-state index is 12.7. The highest BCUT2D eigenvalue weighted by molar-refractivity contribution is 7.89. The first-order chi connectivity index (χ1) is 11.8. The van der Waals surface area contributed by atoms with Crippen molar-refractivity contribution in [2.24, 2.45) is 5.92 Å². The molecular formula is C17H28ClN3O4S. The van der Waals surface area contributed by atoms with Gasteiger partial charge >= 0.3 is 0 Å². The lowest BCUT2D eigenvalue weighted by Gasteiger charge is -2.30. The van der Waals surface area contributed by atoms with Gasteiger partial charge in [-0.05, 0) is 50.0 Å². The fourth-order valence-electron chi connectivity index (χ4n) is 2.85. The lowest BCUT2D eigenvalue weighted by molar-refractivity contribution is 0.0913. The van der Waals surface area contributed by atoms with Crippen LogP contribution in [0.5, 0.6) is 0 Å². The molecule has 0 radical (unpaired) electrons. The molecule has 2 rings (SSSR count). The van der Waals surface area contributed by atoms with Crippen molar-refractivity contribution < 1.29 is 17.9 Å².